The van der Waals surface area contributed by atoms with Crippen LogP contribution >= 0.6 is 0 Å². The number of halogens is 2. The number of phenolic OH excluding ortho intramolecular Hbond substituents is 1. The van der Waals surface area contributed by atoms with E-state index < -0.39 is 11.6 Å². The van der Waals surface area contributed by atoms with Crippen LogP contribution in [0.4, 0.5) is 14.6 Å². The number of amides is 2. The molecular formula is C43H47F2N7O4. The molecule has 2 bridgehead atoms. The first-order valence-electron chi connectivity index (χ1n) is 19.8. The van der Waals surface area contributed by atoms with Crippen LogP contribution in [0, 0.1) is 24.0 Å². The maximum atomic E-state index is 17.1. The number of anilines is 1. The number of nitrogens with one attached hydrogen (secondary N) is 1. The van der Waals surface area contributed by atoms with E-state index in [9.17, 15) is 19.1 Å². The number of hydrogen-bond donors (Lipinski definition) is 2. The van der Waals surface area contributed by atoms with E-state index in [1.807, 2.05) is 4.90 Å². The second-order valence-corrected chi connectivity index (χ2v) is 15.6. The Labute approximate surface area is 325 Å². The van der Waals surface area contributed by atoms with Crippen LogP contribution < -0.4 is 15.0 Å². The van der Waals surface area contributed by atoms with Gasteiger partial charge in [-0.05, 0) is 94.1 Å². The van der Waals surface area contributed by atoms with Gasteiger partial charge in [0.1, 0.15) is 35.2 Å². The Morgan fingerprint density at radius 1 is 1.07 bits per heavy atom. The van der Waals surface area contributed by atoms with E-state index in [0.29, 0.717) is 49.3 Å². The number of rotatable bonds is 13. The van der Waals surface area contributed by atoms with Gasteiger partial charge in [-0.3, -0.25) is 19.5 Å². The minimum absolute atomic E-state index is 0.00716. The highest BCUT2D eigenvalue weighted by Gasteiger charge is 2.46. The zero-order valence-corrected chi connectivity index (χ0v) is 31.5. The Hall–Kier alpha value is -5.35. The molecule has 11 nitrogen and oxygen atoms in total. The summed E-state index contributed by atoms with van der Waals surface area (Å²) in [5.41, 5.74) is -0.147. The van der Waals surface area contributed by atoms with E-state index in [0.717, 1.165) is 77.3 Å². The summed E-state index contributed by atoms with van der Waals surface area (Å²) < 4.78 is 38.5. The van der Waals surface area contributed by atoms with Crippen LogP contribution in [0.1, 0.15) is 76.2 Å². The van der Waals surface area contributed by atoms with Gasteiger partial charge in [0.25, 0.3) is 0 Å². The number of hydrogen-bond acceptors (Lipinski definition) is 9. The lowest BCUT2D eigenvalue weighted by Gasteiger charge is -2.42. The highest BCUT2D eigenvalue weighted by atomic mass is 19.1. The summed E-state index contributed by atoms with van der Waals surface area (Å²) in [5.74, 6) is 1.29. The highest BCUT2D eigenvalue weighted by Crippen LogP contribution is 2.42. The van der Waals surface area contributed by atoms with Crippen LogP contribution in [0.25, 0.3) is 32.9 Å². The Kier molecular flexibility index (Phi) is 10.5. The van der Waals surface area contributed by atoms with Gasteiger partial charge in [-0.2, -0.15) is 9.97 Å². The molecule has 0 aliphatic carbocycles. The molecule has 292 valence electrons. The molecular weight excluding hydrogens is 717 g/mol. The van der Waals surface area contributed by atoms with Gasteiger partial charge >= 0.3 is 6.01 Å². The summed E-state index contributed by atoms with van der Waals surface area (Å²) in [6, 6.07) is 5.51. The smallest absolute Gasteiger partial charge is 0.319 e. The number of carbonyl (C=O) groups is 2. The number of ether oxygens (including phenoxy) is 1. The Morgan fingerprint density at radius 2 is 1.82 bits per heavy atom. The fourth-order valence-corrected chi connectivity index (χ4v) is 9.58. The summed E-state index contributed by atoms with van der Waals surface area (Å²) in [6.07, 6.45) is 18.4. The summed E-state index contributed by atoms with van der Waals surface area (Å²) in [5, 5.41) is 14.5. The van der Waals surface area contributed by atoms with Crippen molar-refractivity contribution in [2.75, 3.05) is 44.2 Å². The van der Waals surface area contributed by atoms with Crippen molar-refractivity contribution < 1.29 is 28.2 Å². The second-order valence-electron chi connectivity index (χ2n) is 15.6. The van der Waals surface area contributed by atoms with Crippen molar-refractivity contribution in [3.05, 3.63) is 60.3 Å². The van der Waals surface area contributed by atoms with Crippen LogP contribution in [0.15, 0.2) is 43.1 Å². The van der Waals surface area contributed by atoms with E-state index in [4.69, 9.17) is 16.1 Å². The monoisotopic (exact) mass is 763 g/mol. The zero-order valence-electron chi connectivity index (χ0n) is 31.5. The molecule has 4 fully saturated rings. The van der Waals surface area contributed by atoms with Crippen LogP contribution in [0.2, 0.25) is 0 Å². The first-order valence-corrected chi connectivity index (χ1v) is 19.8. The van der Waals surface area contributed by atoms with Crippen LogP contribution in [0.5, 0.6) is 11.8 Å². The lowest BCUT2D eigenvalue weighted by atomic mass is 9.95. The lowest BCUT2D eigenvalue weighted by Crippen LogP contribution is -2.56. The maximum absolute atomic E-state index is 17.1. The molecule has 2 N–H and O–H groups in total. The minimum atomic E-state index is -0.767. The molecule has 0 saturated carbocycles. The maximum Gasteiger partial charge on any atom is 0.319 e. The van der Waals surface area contributed by atoms with Crippen molar-refractivity contribution in [1.82, 2.24) is 30.1 Å². The number of unbranched alkanes of at least 4 members (excludes halogenated alkanes) is 3. The van der Waals surface area contributed by atoms with Gasteiger partial charge in [0.15, 0.2) is 5.82 Å². The van der Waals surface area contributed by atoms with Gasteiger partial charge < -0.3 is 25.0 Å². The van der Waals surface area contributed by atoms with Crippen LogP contribution in [-0.4, -0.2) is 98.6 Å². The lowest BCUT2D eigenvalue weighted by molar-refractivity contribution is -0.134. The second kappa shape index (κ2) is 15.7. The molecule has 2 unspecified atom stereocenters. The van der Waals surface area contributed by atoms with E-state index in [1.165, 1.54) is 36.5 Å². The van der Waals surface area contributed by atoms with E-state index in [2.05, 4.69) is 37.6 Å². The van der Waals surface area contributed by atoms with Gasteiger partial charge in [0, 0.05) is 55.3 Å². The fraction of sp³-hybridized carbons (Fsp3) is 0.465. The third-order valence-corrected chi connectivity index (χ3v) is 12.2. The predicted octanol–water partition coefficient (Wildman–Crippen LogP) is 6.25. The molecule has 56 heavy (non-hydrogen) atoms. The number of phenols is 1. The first-order chi connectivity index (χ1) is 27.2. The molecule has 0 radical (unpaired) electrons. The average Bonchev–Trinajstić information content (AvgIpc) is 3.86. The summed E-state index contributed by atoms with van der Waals surface area (Å²) >= 11 is 0. The van der Waals surface area contributed by atoms with Crippen molar-refractivity contribution in [3.8, 4) is 35.4 Å². The Morgan fingerprint density at radius 3 is 2.55 bits per heavy atom. The standard InChI is InChI=1S/C43H47F2N7O4/c1-3-31-34(44)15-12-27-21-30(53)22-32(37(27)31)39-38(45)40-33(23-47-39)41(49-42(48-40)56-26-43-16-9-19-51(43)20-10-17-43)50-24-28-13-14-29(25-50)52(28)36(55)11-7-5-6-8-18-46-35(54)4-2/h1,4,12,15,21-23,28-29,53H,2,5-11,13-14,16-20,24-26H2,(H,46,54). The molecule has 8 rings (SSSR count). The fourth-order valence-electron chi connectivity index (χ4n) is 9.58. The zero-order chi connectivity index (χ0) is 39.0. The van der Waals surface area contributed by atoms with Crippen molar-refractivity contribution in [2.45, 2.75) is 88.3 Å². The SMILES string of the molecule is C#Cc1c(F)ccc2cc(O)cc(-c3ncc4c(N5CC6CCC(C5)N6C(=O)CCCCCCNC(=O)C=C)nc(OCC56CCCN5CCC6)nc4c3F)c12. The third-order valence-electron chi connectivity index (χ3n) is 12.2. The molecule has 13 heteroatoms. The number of nitrogens with zero attached hydrogens (tertiary/aromatic N) is 6. The Bertz CT molecular complexity index is 2220. The number of piperazine rings is 1. The van der Waals surface area contributed by atoms with Crippen molar-refractivity contribution in [2.24, 2.45) is 0 Å². The number of carbonyl (C=O) groups excluding carboxylic acids is 2. The number of benzene rings is 2. The highest BCUT2D eigenvalue weighted by molar-refractivity contribution is 6.03. The molecule has 2 atom stereocenters. The first kappa shape index (κ1) is 37.6. The summed E-state index contributed by atoms with van der Waals surface area (Å²) in [4.78, 5) is 45.7. The quantitative estimate of drug-likeness (QED) is 0.0925. The van der Waals surface area contributed by atoms with Crippen LogP contribution in [-0.2, 0) is 9.59 Å². The molecule has 6 heterocycles. The van der Waals surface area contributed by atoms with Gasteiger partial charge in [-0.25, -0.2) is 8.78 Å². The molecule has 2 aromatic heterocycles. The van der Waals surface area contributed by atoms with Crippen molar-refractivity contribution in [1.29, 1.82) is 0 Å². The van der Waals surface area contributed by atoms with Crippen molar-refractivity contribution >= 4 is 39.3 Å². The molecule has 2 amide bonds. The van der Waals surface area contributed by atoms with Gasteiger partial charge in [-0.1, -0.05) is 31.4 Å². The molecule has 2 aromatic carbocycles. The summed E-state index contributed by atoms with van der Waals surface area (Å²) in [7, 11) is 0. The normalized spacial score (nSPS) is 20.0. The minimum Gasteiger partial charge on any atom is -0.508 e. The molecule has 4 aliphatic rings. The molecule has 4 aromatic rings. The van der Waals surface area contributed by atoms with Gasteiger partial charge in [0.05, 0.1) is 16.5 Å². The number of fused-ring (bicyclic) bond motifs is 5. The molecule has 4 aliphatic heterocycles. The number of aromatic nitrogens is 3. The van der Waals surface area contributed by atoms with Gasteiger partial charge in [-0.15, -0.1) is 6.42 Å². The van der Waals surface area contributed by atoms with Crippen LogP contribution in [0.3, 0.4) is 0 Å². The van der Waals surface area contributed by atoms with E-state index in [1.54, 1.807) is 0 Å². The van der Waals surface area contributed by atoms with Crippen molar-refractivity contribution in [3.63, 3.8) is 0 Å². The topological polar surface area (TPSA) is 124 Å². The average molecular weight is 764 g/mol. The molecule has 0 spiro atoms. The number of terminal acetylenes is 1. The third kappa shape index (κ3) is 7.00. The Balaban J connectivity index is 1.09. The largest absolute Gasteiger partial charge is 0.508 e. The summed E-state index contributed by atoms with van der Waals surface area (Å²) in [6.45, 7) is 7.52. The number of aromatic hydroxyl groups is 1. The van der Waals surface area contributed by atoms with E-state index >= 15 is 4.39 Å². The number of pyridine rings is 1. The van der Waals surface area contributed by atoms with E-state index in [-0.39, 0.29) is 68.9 Å². The molecule has 4 saturated heterocycles. The predicted molar refractivity (Wildman–Crippen MR) is 210 cm³/mol. The van der Waals surface area contributed by atoms with Gasteiger partial charge in [0.2, 0.25) is 11.8 Å².